The molecule has 0 bridgehead atoms. The molecule has 20 heavy (non-hydrogen) atoms. The molecule has 1 rings (SSSR count). The van der Waals surface area contributed by atoms with Crippen molar-refractivity contribution in [2.24, 2.45) is 11.7 Å². The minimum absolute atomic E-state index is 0.192. The van der Waals surface area contributed by atoms with Crippen LogP contribution >= 0.6 is 0 Å². The third-order valence-corrected chi connectivity index (χ3v) is 3.86. The number of hydrogen-bond acceptors (Lipinski definition) is 4. The summed E-state index contributed by atoms with van der Waals surface area (Å²) in [5.41, 5.74) is 6.03. The van der Waals surface area contributed by atoms with Crippen molar-refractivity contribution >= 4 is 0 Å². The van der Waals surface area contributed by atoms with Crippen molar-refractivity contribution < 1.29 is 9.47 Å². The van der Waals surface area contributed by atoms with Crippen LogP contribution in [-0.2, 0) is 5.41 Å². The average molecular weight is 276 g/mol. The van der Waals surface area contributed by atoms with E-state index in [0.29, 0.717) is 18.0 Å². The zero-order chi connectivity index (χ0) is 15.2. The fourth-order valence-electron chi connectivity index (χ4n) is 2.51. The molecule has 0 radical (unpaired) electrons. The zero-order valence-electron chi connectivity index (χ0n) is 12.8. The second-order valence-electron chi connectivity index (χ2n) is 5.20. The van der Waals surface area contributed by atoms with E-state index in [1.165, 1.54) is 0 Å². The number of benzene rings is 1. The molecule has 0 unspecified atom stereocenters. The maximum atomic E-state index is 9.75. The Morgan fingerprint density at radius 2 is 1.90 bits per heavy atom. The smallest absolute Gasteiger partial charge is 0.161 e. The van der Waals surface area contributed by atoms with Gasteiger partial charge >= 0.3 is 0 Å². The van der Waals surface area contributed by atoms with Crippen LogP contribution in [-0.4, -0.2) is 20.8 Å². The van der Waals surface area contributed by atoms with Crippen molar-refractivity contribution in [3.05, 3.63) is 23.8 Å². The van der Waals surface area contributed by atoms with Crippen LogP contribution in [0, 0.1) is 17.2 Å². The summed E-state index contributed by atoms with van der Waals surface area (Å²) in [6.45, 7) is 4.72. The van der Waals surface area contributed by atoms with Gasteiger partial charge < -0.3 is 15.2 Å². The van der Waals surface area contributed by atoms with E-state index in [4.69, 9.17) is 15.2 Å². The van der Waals surface area contributed by atoms with Gasteiger partial charge in [-0.1, -0.05) is 19.9 Å². The third-order valence-electron chi connectivity index (χ3n) is 3.86. The Hall–Kier alpha value is -1.73. The summed E-state index contributed by atoms with van der Waals surface area (Å²) in [5, 5.41) is 9.75. The molecule has 1 aromatic carbocycles. The Balaban J connectivity index is 3.31. The van der Waals surface area contributed by atoms with Crippen molar-refractivity contribution in [1.29, 1.82) is 5.26 Å². The van der Waals surface area contributed by atoms with E-state index in [-0.39, 0.29) is 5.92 Å². The van der Waals surface area contributed by atoms with Crippen LogP contribution < -0.4 is 15.2 Å². The molecule has 0 aliphatic heterocycles. The van der Waals surface area contributed by atoms with Crippen LogP contribution in [0.4, 0.5) is 0 Å². The highest BCUT2D eigenvalue weighted by atomic mass is 16.5. The van der Waals surface area contributed by atoms with Crippen molar-refractivity contribution in [1.82, 2.24) is 0 Å². The van der Waals surface area contributed by atoms with Gasteiger partial charge in [0.2, 0.25) is 0 Å². The third kappa shape index (κ3) is 3.05. The standard InChI is InChI=1S/C16H24N2O2/c1-12(2)16(11-18,8-5-9-17)13-6-7-14(19-3)15(10-13)20-4/h6-7,10,12H,5,8-9,17H2,1-4H3/t16-/m1/s1. The second kappa shape index (κ2) is 7.16. The van der Waals surface area contributed by atoms with Gasteiger partial charge in [-0.05, 0) is 43.0 Å². The van der Waals surface area contributed by atoms with E-state index < -0.39 is 5.41 Å². The van der Waals surface area contributed by atoms with E-state index in [0.717, 1.165) is 18.4 Å². The SMILES string of the molecule is COc1ccc([C@@](C#N)(CCCN)C(C)C)cc1OC. The Morgan fingerprint density at radius 1 is 1.25 bits per heavy atom. The molecule has 4 heteroatoms. The second-order valence-corrected chi connectivity index (χ2v) is 5.20. The summed E-state index contributed by atoms with van der Waals surface area (Å²) in [4.78, 5) is 0. The minimum Gasteiger partial charge on any atom is -0.493 e. The van der Waals surface area contributed by atoms with Crippen molar-refractivity contribution in [2.45, 2.75) is 32.1 Å². The van der Waals surface area contributed by atoms with E-state index in [1.807, 2.05) is 18.2 Å². The molecule has 4 nitrogen and oxygen atoms in total. The fourth-order valence-corrected chi connectivity index (χ4v) is 2.51. The molecule has 0 saturated heterocycles. The molecule has 0 saturated carbocycles. The Labute approximate surface area is 121 Å². The Morgan fingerprint density at radius 3 is 2.35 bits per heavy atom. The number of nitrogens with zero attached hydrogens (tertiary/aromatic N) is 1. The van der Waals surface area contributed by atoms with Gasteiger partial charge in [-0.3, -0.25) is 0 Å². The van der Waals surface area contributed by atoms with E-state index in [9.17, 15) is 5.26 Å². The molecule has 0 amide bonds. The molecule has 1 aromatic rings. The summed E-state index contributed by atoms with van der Waals surface area (Å²) in [5.74, 6) is 1.51. The summed E-state index contributed by atoms with van der Waals surface area (Å²) in [7, 11) is 3.21. The van der Waals surface area contributed by atoms with Gasteiger partial charge in [-0.15, -0.1) is 0 Å². The number of ether oxygens (including phenoxy) is 2. The molecule has 0 aliphatic carbocycles. The predicted octanol–water partition coefficient (Wildman–Crippen LogP) is 2.86. The lowest BCUT2D eigenvalue weighted by Gasteiger charge is -2.31. The van der Waals surface area contributed by atoms with Crippen LogP contribution in [0.5, 0.6) is 11.5 Å². The zero-order valence-corrected chi connectivity index (χ0v) is 12.8. The molecule has 2 N–H and O–H groups in total. The first-order valence-corrected chi connectivity index (χ1v) is 6.89. The first-order chi connectivity index (χ1) is 9.55. The van der Waals surface area contributed by atoms with Gasteiger partial charge in [0.15, 0.2) is 11.5 Å². The van der Waals surface area contributed by atoms with Crippen LogP contribution in [0.25, 0.3) is 0 Å². The maximum Gasteiger partial charge on any atom is 0.161 e. The molecule has 0 heterocycles. The number of methoxy groups -OCH3 is 2. The molecule has 0 spiro atoms. The lowest BCUT2D eigenvalue weighted by molar-refractivity contribution is 0.343. The average Bonchev–Trinajstić information content (AvgIpc) is 2.47. The predicted molar refractivity (Wildman–Crippen MR) is 80.0 cm³/mol. The van der Waals surface area contributed by atoms with Gasteiger partial charge in [0.1, 0.15) is 0 Å². The molecule has 1 atom stereocenters. The van der Waals surface area contributed by atoms with E-state index in [1.54, 1.807) is 14.2 Å². The highest BCUT2D eigenvalue weighted by Crippen LogP contribution is 2.40. The summed E-state index contributed by atoms with van der Waals surface area (Å²) < 4.78 is 10.6. The molecule has 110 valence electrons. The van der Waals surface area contributed by atoms with Gasteiger partial charge in [-0.25, -0.2) is 0 Å². The summed E-state index contributed by atoms with van der Waals surface area (Å²) in [6, 6.07) is 8.20. The molecular formula is C16H24N2O2. The van der Waals surface area contributed by atoms with Crippen molar-refractivity contribution in [3.8, 4) is 17.6 Å². The lowest BCUT2D eigenvalue weighted by Crippen LogP contribution is -2.31. The quantitative estimate of drug-likeness (QED) is 0.831. The molecular weight excluding hydrogens is 252 g/mol. The van der Waals surface area contributed by atoms with E-state index in [2.05, 4.69) is 19.9 Å². The minimum atomic E-state index is -0.543. The van der Waals surface area contributed by atoms with Crippen LogP contribution in [0.2, 0.25) is 0 Å². The molecule has 0 aliphatic rings. The summed E-state index contributed by atoms with van der Waals surface area (Å²) in [6.07, 6.45) is 1.56. The topological polar surface area (TPSA) is 68.3 Å². The highest BCUT2D eigenvalue weighted by molar-refractivity contribution is 5.47. The maximum absolute atomic E-state index is 9.75. The van der Waals surface area contributed by atoms with E-state index >= 15 is 0 Å². The number of rotatable bonds is 7. The van der Waals surface area contributed by atoms with Crippen LogP contribution in [0.3, 0.4) is 0 Å². The van der Waals surface area contributed by atoms with Crippen molar-refractivity contribution in [3.63, 3.8) is 0 Å². The summed E-state index contributed by atoms with van der Waals surface area (Å²) >= 11 is 0. The molecule has 0 fully saturated rings. The normalized spacial score (nSPS) is 13.7. The fraction of sp³-hybridized carbons (Fsp3) is 0.562. The first-order valence-electron chi connectivity index (χ1n) is 6.89. The van der Waals surface area contributed by atoms with Gasteiger partial charge in [-0.2, -0.15) is 5.26 Å². The van der Waals surface area contributed by atoms with Gasteiger partial charge in [0.05, 0.1) is 25.7 Å². The van der Waals surface area contributed by atoms with Gasteiger partial charge in [0.25, 0.3) is 0 Å². The Kier molecular flexibility index (Phi) is 5.84. The first kappa shape index (κ1) is 16.3. The lowest BCUT2D eigenvalue weighted by atomic mass is 9.70. The number of hydrogen-bond donors (Lipinski definition) is 1. The number of nitriles is 1. The highest BCUT2D eigenvalue weighted by Gasteiger charge is 2.36. The number of nitrogens with two attached hydrogens (primary N) is 1. The Bertz CT molecular complexity index is 480. The van der Waals surface area contributed by atoms with Crippen LogP contribution in [0.1, 0.15) is 32.3 Å². The largest absolute Gasteiger partial charge is 0.493 e. The van der Waals surface area contributed by atoms with Crippen LogP contribution in [0.15, 0.2) is 18.2 Å². The van der Waals surface area contributed by atoms with Crippen molar-refractivity contribution in [2.75, 3.05) is 20.8 Å². The monoisotopic (exact) mass is 276 g/mol. The molecule has 0 aromatic heterocycles. The van der Waals surface area contributed by atoms with Gasteiger partial charge in [0, 0.05) is 0 Å².